The molecule has 2 rings (SSSR count). The number of fused-ring (bicyclic) bond motifs is 1. The predicted octanol–water partition coefficient (Wildman–Crippen LogP) is 2.37. The third-order valence-corrected chi connectivity index (χ3v) is 3.39. The van der Waals surface area contributed by atoms with Crippen LogP contribution in [0.15, 0.2) is 16.6 Å². The number of hydrogen-bond acceptors (Lipinski definition) is 5. The number of rotatable bonds is 3. The zero-order chi connectivity index (χ0) is 14.2. The molecule has 0 saturated carbocycles. The van der Waals surface area contributed by atoms with Gasteiger partial charge in [-0.05, 0) is 15.9 Å². The summed E-state index contributed by atoms with van der Waals surface area (Å²) in [6.07, 6.45) is 1.22. The van der Waals surface area contributed by atoms with Gasteiger partial charge in [-0.1, -0.05) is 0 Å². The second kappa shape index (κ2) is 5.05. The van der Waals surface area contributed by atoms with Crippen molar-refractivity contribution in [3.63, 3.8) is 0 Å². The normalized spacial score (nSPS) is 13.8. The molecule has 1 aromatic rings. The fourth-order valence-electron chi connectivity index (χ4n) is 1.97. The smallest absolute Gasteiger partial charge is 0.204 e. The maximum atomic E-state index is 12.2. The van der Waals surface area contributed by atoms with Crippen molar-refractivity contribution in [3.05, 3.63) is 27.8 Å². The molecule has 5 nitrogen and oxygen atoms in total. The van der Waals surface area contributed by atoms with E-state index in [9.17, 15) is 9.59 Å². The van der Waals surface area contributed by atoms with Crippen LogP contribution in [0.3, 0.4) is 0 Å². The number of benzene rings is 1. The Morgan fingerprint density at radius 3 is 2.11 bits per heavy atom. The van der Waals surface area contributed by atoms with Crippen molar-refractivity contribution < 1.29 is 23.8 Å². The van der Waals surface area contributed by atoms with Gasteiger partial charge in [0.05, 0.1) is 36.9 Å². The van der Waals surface area contributed by atoms with Crippen LogP contribution in [0.25, 0.3) is 0 Å². The summed E-state index contributed by atoms with van der Waals surface area (Å²) >= 11 is 3.07. The summed E-state index contributed by atoms with van der Waals surface area (Å²) in [7, 11) is 4.28. The molecule has 0 radical (unpaired) electrons. The van der Waals surface area contributed by atoms with E-state index < -0.39 is 0 Å². The minimum Gasteiger partial charge on any atom is -0.496 e. The van der Waals surface area contributed by atoms with Crippen LogP contribution in [0.2, 0.25) is 0 Å². The van der Waals surface area contributed by atoms with E-state index >= 15 is 0 Å². The van der Waals surface area contributed by atoms with Gasteiger partial charge < -0.3 is 14.2 Å². The first-order valence-corrected chi connectivity index (χ1v) is 6.13. The van der Waals surface area contributed by atoms with Gasteiger partial charge in [0.25, 0.3) is 0 Å². The lowest BCUT2D eigenvalue weighted by molar-refractivity contribution is 0.0986. The predicted molar refractivity (Wildman–Crippen MR) is 71.8 cm³/mol. The lowest BCUT2D eigenvalue weighted by Gasteiger charge is -2.20. The lowest BCUT2D eigenvalue weighted by atomic mass is 9.92. The summed E-state index contributed by atoms with van der Waals surface area (Å²) in [5, 5.41) is 0. The molecule has 0 atom stereocenters. The van der Waals surface area contributed by atoms with Crippen molar-refractivity contribution in [1.82, 2.24) is 0 Å². The summed E-state index contributed by atoms with van der Waals surface area (Å²) in [4.78, 5) is 24.3. The molecule has 0 heterocycles. The third-order valence-electron chi connectivity index (χ3n) is 2.80. The van der Waals surface area contributed by atoms with Crippen molar-refractivity contribution in [1.29, 1.82) is 0 Å². The van der Waals surface area contributed by atoms with Crippen LogP contribution in [-0.2, 0) is 0 Å². The molecular weight excluding hydrogens is 316 g/mol. The number of carbonyl (C=O) groups is 2. The Morgan fingerprint density at radius 1 is 0.947 bits per heavy atom. The van der Waals surface area contributed by atoms with Crippen LogP contribution < -0.4 is 14.2 Å². The maximum absolute atomic E-state index is 12.2. The molecule has 0 saturated heterocycles. The van der Waals surface area contributed by atoms with Crippen LogP contribution >= 0.6 is 15.9 Å². The first-order chi connectivity index (χ1) is 9.04. The van der Waals surface area contributed by atoms with E-state index in [2.05, 4.69) is 15.9 Å². The van der Waals surface area contributed by atoms with E-state index in [-0.39, 0.29) is 38.7 Å². The molecule has 0 spiro atoms. The van der Waals surface area contributed by atoms with Gasteiger partial charge in [0.15, 0.2) is 17.3 Å². The molecule has 1 aliphatic rings. The molecule has 1 aromatic carbocycles. The summed E-state index contributed by atoms with van der Waals surface area (Å²) in [5.74, 6) is 0.174. The molecule has 0 amide bonds. The fourth-order valence-corrected chi connectivity index (χ4v) is 2.37. The summed E-state index contributed by atoms with van der Waals surface area (Å²) in [6, 6.07) is 1.52. The van der Waals surface area contributed by atoms with Crippen LogP contribution in [-0.4, -0.2) is 32.9 Å². The van der Waals surface area contributed by atoms with Crippen LogP contribution in [0.1, 0.15) is 20.7 Å². The number of ether oxygens (including phenoxy) is 3. The quantitative estimate of drug-likeness (QED) is 0.853. The average molecular weight is 327 g/mol. The number of ketones is 2. The molecule has 0 N–H and O–H groups in total. The molecule has 1 aliphatic carbocycles. The Kier molecular flexibility index (Phi) is 3.61. The Morgan fingerprint density at radius 2 is 1.58 bits per heavy atom. The van der Waals surface area contributed by atoms with Crippen molar-refractivity contribution in [2.45, 2.75) is 0 Å². The van der Waals surface area contributed by atoms with Gasteiger partial charge in [-0.25, -0.2) is 0 Å². The monoisotopic (exact) mass is 326 g/mol. The zero-order valence-electron chi connectivity index (χ0n) is 10.6. The lowest BCUT2D eigenvalue weighted by Crippen LogP contribution is -2.17. The largest absolute Gasteiger partial charge is 0.496 e. The highest BCUT2D eigenvalue weighted by Crippen LogP contribution is 2.43. The molecule has 0 bridgehead atoms. The number of halogens is 1. The van der Waals surface area contributed by atoms with Crippen molar-refractivity contribution >= 4 is 27.5 Å². The number of hydrogen-bond donors (Lipinski definition) is 0. The average Bonchev–Trinajstić information content (AvgIpc) is 2.42. The fraction of sp³-hybridized carbons (Fsp3) is 0.231. The number of Topliss-reactive ketones (excluding diaryl/α,β-unsaturated/α-hetero) is 1. The van der Waals surface area contributed by atoms with Crippen molar-refractivity contribution in [2.75, 3.05) is 21.3 Å². The van der Waals surface area contributed by atoms with Crippen molar-refractivity contribution in [2.24, 2.45) is 0 Å². The van der Waals surface area contributed by atoms with Gasteiger partial charge >= 0.3 is 0 Å². The van der Waals surface area contributed by atoms with Gasteiger partial charge in [-0.15, -0.1) is 0 Å². The molecule has 0 fully saturated rings. The van der Waals surface area contributed by atoms with Crippen molar-refractivity contribution in [3.8, 4) is 17.2 Å². The number of methoxy groups -OCH3 is 3. The minimum atomic E-state index is -0.344. The van der Waals surface area contributed by atoms with Gasteiger partial charge in [0, 0.05) is 12.1 Å². The molecule has 6 heteroatoms. The molecule has 100 valence electrons. The van der Waals surface area contributed by atoms with E-state index in [1.54, 1.807) is 0 Å². The Bertz CT molecular complexity index is 604. The summed E-state index contributed by atoms with van der Waals surface area (Å²) in [6.45, 7) is 0. The van der Waals surface area contributed by atoms with Gasteiger partial charge in [-0.3, -0.25) is 9.59 Å². The van der Waals surface area contributed by atoms with E-state index in [0.717, 1.165) is 0 Å². The second-order valence-corrected chi connectivity index (χ2v) is 4.60. The number of allylic oxidation sites excluding steroid dienone is 2. The molecule has 19 heavy (non-hydrogen) atoms. The zero-order valence-corrected chi connectivity index (χ0v) is 12.2. The highest BCUT2D eigenvalue weighted by molar-refractivity contribution is 9.12. The Balaban J connectivity index is 2.86. The maximum Gasteiger partial charge on any atom is 0.204 e. The van der Waals surface area contributed by atoms with E-state index in [1.807, 2.05) is 0 Å². The van der Waals surface area contributed by atoms with Crippen LogP contribution in [0, 0.1) is 0 Å². The first-order valence-electron chi connectivity index (χ1n) is 5.34. The molecular formula is C13H11BrO5. The number of carbonyl (C=O) groups excluding carboxylic acids is 2. The highest BCUT2D eigenvalue weighted by Gasteiger charge is 2.33. The van der Waals surface area contributed by atoms with Gasteiger partial charge in [-0.2, -0.15) is 0 Å². The van der Waals surface area contributed by atoms with Gasteiger partial charge in [0.2, 0.25) is 5.78 Å². The molecule has 0 aliphatic heterocycles. The minimum absolute atomic E-state index is 0.151. The second-order valence-electron chi connectivity index (χ2n) is 3.75. The Labute approximate surface area is 118 Å². The third kappa shape index (κ3) is 2.02. The summed E-state index contributed by atoms with van der Waals surface area (Å²) < 4.78 is 15.7. The van der Waals surface area contributed by atoms with Crippen LogP contribution in [0.4, 0.5) is 0 Å². The summed E-state index contributed by atoms with van der Waals surface area (Å²) in [5.41, 5.74) is 0.339. The van der Waals surface area contributed by atoms with E-state index in [0.29, 0.717) is 5.75 Å². The first kappa shape index (κ1) is 13.6. The van der Waals surface area contributed by atoms with E-state index in [4.69, 9.17) is 14.2 Å². The standard InChI is InChI=1S/C13H11BrO5/c1-17-8-5-9(18-2)13(19-3)11-10(8)7(15)4-6(14)12(11)16/h4-5H,1-3H3. The SMILES string of the molecule is COc1cc(OC)c2c(c1OC)C(=O)C(Br)=CC2=O. The molecule has 0 aromatic heterocycles. The molecule has 0 unspecified atom stereocenters. The Hall–Kier alpha value is -1.82. The highest BCUT2D eigenvalue weighted by atomic mass is 79.9. The van der Waals surface area contributed by atoms with Gasteiger partial charge in [0.1, 0.15) is 5.75 Å². The van der Waals surface area contributed by atoms with Crippen LogP contribution in [0.5, 0.6) is 17.2 Å². The topological polar surface area (TPSA) is 61.8 Å². The van der Waals surface area contributed by atoms with E-state index in [1.165, 1.54) is 33.5 Å².